The van der Waals surface area contributed by atoms with Gasteiger partial charge in [0.1, 0.15) is 12.6 Å². The van der Waals surface area contributed by atoms with Crippen molar-refractivity contribution in [1.82, 2.24) is 10.2 Å². The molecule has 1 heterocycles. The number of hydrogen-bond donors (Lipinski definition) is 4. The number of aliphatic hydroxyl groups excluding tert-OH is 1. The summed E-state index contributed by atoms with van der Waals surface area (Å²) >= 11 is 0. The summed E-state index contributed by atoms with van der Waals surface area (Å²) in [5.41, 5.74) is -0.0778. The fourth-order valence-electron chi connectivity index (χ4n) is 2.49. The zero-order chi connectivity index (χ0) is 14.8. The Balaban J connectivity index is 0.00000220. The third-order valence-electron chi connectivity index (χ3n) is 3.47. The summed E-state index contributed by atoms with van der Waals surface area (Å²) in [4.78, 5) is 1.50. The lowest BCUT2D eigenvalue weighted by Gasteiger charge is -2.38. The Morgan fingerprint density at radius 2 is 1.86 bits per heavy atom. The lowest BCUT2D eigenvalue weighted by atomic mass is 9.97. The smallest absolute Gasteiger partial charge is 0.290 e. The van der Waals surface area contributed by atoms with E-state index in [-0.39, 0.29) is 18.0 Å². The van der Waals surface area contributed by atoms with Crippen molar-refractivity contribution in [2.24, 2.45) is 0 Å². The van der Waals surface area contributed by atoms with Crippen LogP contribution in [0.1, 0.15) is 11.6 Å². The van der Waals surface area contributed by atoms with E-state index < -0.39 is 30.1 Å². The number of piperazine rings is 1. The van der Waals surface area contributed by atoms with E-state index in [1.165, 1.54) is 23.1 Å². The molecule has 0 unspecified atom stereocenters. The topological polar surface area (TPSA) is 76.0 Å². The van der Waals surface area contributed by atoms with E-state index in [1.54, 1.807) is 0 Å². The van der Waals surface area contributed by atoms with Crippen LogP contribution in [-0.4, -0.2) is 58.9 Å². The second kappa shape index (κ2) is 7.22. The first-order chi connectivity index (χ1) is 9.47. The van der Waals surface area contributed by atoms with Gasteiger partial charge in [-0.25, -0.2) is 8.78 Å². The predicted octanol–water partition coefficient (Wildman–Crippen LogP) is 1.09. The maximum atomic E-state index is 14.1. The Bertz CT molecular complexity index is 471. The minimum absolute atomic E-state index is 0. The normalized spacial score (nSPS) is 18.0. The fourth-order valence-corrected chi connectivity index (χ4v) is 2.49. The van der Waals surface area contributed by atoms with Gasteiger partial charge in [0.15, 0.2) is 11.5 Å². The number of halogens is 3. The molecule has 0 aromatic heterocycles. The molecule has 0 saturated carbocycles. The summed E-state index contributed by atoms with van der Waals surface area (Å²) in [6.45, 7) is 0.524. The molecule has 2 rings (SSSR count). The predicted molar refractivity (Wildman–Crippen MR) is 76.2 cm³/mol. The molecule has 1 aromatic rings. The average molecular weight is 325 g/mol. The van der Waals surface area contributed by atoms with Gasteiger partial charge in [0.2, 0.25) is 0 Å². The van der Waals surface area contributed by atoms with Crippen molar-refractivity contribution in [2.45, 2.75) is 12.0 Å². The van der Waals surface area contributed by atoms with Gasteiger partial charge >= 0.3 is 0 Å². The Hall–Kier alpha value is -1.15. The van der Waals surface area contributed by atoms with Crippen LogP contribution in [0.5, 0.6) is 11.5 Å². The van der Waals surface area contributed by atoms with Gasteiger partial charge in [-0.3, -0.25) is 4.90 Å². The molecular weight excluding hydrogens is 306 g/mol. The van der Waals surface area contributed by atoms with E-state index in [0.717, 1.165) is 0 Å². The summed E-state index contributed by atoms with van der Waals surface area (Å²) in [6, 6.07) is 2.49. The van der Waals surface area contributed by atoms with E-state index in [4.69, 9.17) is 5.11 Å². The first kappa shape index (κ1) is 17.9. The second-order valence-corrected chi connectivity index (χ2v) is 4.82. The van der Waals surface area contributed by atoms with E-state index >= 15 is 0 Å². The largest absolute Gasteiger partial charge is 0.504 e. The van der Waals surface area contributed by atoms with Crippen LogP contribution >= 0.6 is 12.4 Å². The Morgan fingerprint density at radius 1 is 1.24 bits per heavy atom. The summed E-state index contributed by atoms with van der Waals surface area (Å²) in [6.07, 6.45) is 0. The van der Waals surface area contributed by atoms with E-state index in [0.29, 0.717) is 26.2 Å². The number of nitrogens with zero attached hydrogens (tertiary/aromatic N) is 1. The Labute approximate surface area is 127 Å². The fraction of sp³-hybridized carbons (Fsp3) is 0.538. The van der Waals surface area contributed by atoms with Gasteiger partial charge in [-0.1, -0.05) is 12.1 Å². The zero-order valence-corrected chi connectivity index (χ0v) is 12.1. The molecule has 1 atom stereocenters. The van der Waals surface area contributed by atoms with Crippen LogP contribution in [0.2, 0.25) is 0 Å². The number of phenolic OH excluding ortho intramolecular Hbond substituents is 2. The molecule has 1 aliphatic heterocycles. The lowest BCUT2D eigenvalue weighted by Crippen LogP contribution is -2.51. The van der Waals surface area contributed by atoms with Crippen molar-refractivity contribution in [1.29, 1.82) is 0 Å². The van der Waals surface area contributed by atoms with Crippen molar-refractivity contribution < 1.29 is 24.1 Å². The van der Waals surface area contributed by atoms with Gasteiger partial charge in [-0.15, -0.1) is 12.4 Å². The first-order valence-corrected chi connectivity index (χ1v) is 6.41. The van der Waals surface area contributed by atoms with Gasteiger partial charge in [0, 0.05) is 31.7 Å². The van der Waals surface area contributed by atoms with Crippen LogP contribution in [-0.2, 0) is 0 Å². The number of benzene rings is 1. The van der Waals surface area contributed by atoms with Crippen molar-refractivity contribution in [3.8, 4) is 11.5 Å². The summed E-state index contributed by atoms with van der Waals surface area (Å²) < 4.78 is 28.2. The van der Waals surface area contributed by atoms with Crippen molar-refractivity contribution in [2.75, 3.05) is 32.8 Å². The highest BCUT2D eigenvalue weighted by molar-refractivity contribution is 5.85. The molecule has 0 radical (unpaired) electrons. The molecule has 120 valence electrons. The average Bonchev–Trinajstić information content (AvgIpc) is 2.45. The Kier molecular flexibility index (Phi) is 6.15. The van der Waals surface area contributed by atoms with Crippen LogP contribution in [0.4, 0.5) is 8.78 Å². The van der Waals surface area contributed by atoms with Crippen LogP contribution in [0.15, 0.2) is 18.2 Å². The molecule has 1 saturated heterocycles. The number of hydrogen-bond acceptors (Lipinski definition) is 5. The monoisotopic (exact) mass is 324 g/mol. The molecule has 0 spiro atoms. The van der Waals surface area contributed by atoms with Crippen LogP contribution in [0.3, 0.4) is 0 Å². The van der Waals surface area contributed by atoms with Crippen LogP contribution in [0.25, 0.3) is 0 Å². The second-order valence-electron chi connectivity index (χ2n) is 4.82. The number of para-hydroxylation sites is 1. The molecule has 1 aliphatic rings. The van der Waals surface area contributed by atoms with Gasteiger partial charge in [-0.05, 0) is 6.07 Å². The van der Waals surface area contributed by atoms with Crippen molar-refractivity contribution in [3.05, 3.63) is 23.8 Å². The quantitative estimate of drug-likeness (QED) is 0.624. The van der Waals surface area contributed by atoms with E-state index in [1.807, 2.05) is 0 Å². The molecule has 21 heavy (non-hydrogen) atoms. The van der Waals surface area contributed by atoms with Gasteiger partial charge in [0.25, 0.3) is 5.92 Å². The van der Waals surface area contributed by atoms with Gasteiger partial charge < -0.3 is 20.6 Å². The number of aromatic hydroxyl groups is 2. The Morgan fingerprint density at radius 3 is 2.43 bits per heavy atom. The summed E-state index contributed by atoms with van der Waals surface area (Å²) in [5.74, 6) is -4.43. The molecule has 0 aliphatic carbocycles. The number of nitrogens with one attached hydrogen (secondary N) is 1. The van der Waals surface area contributed by atoms with E-state index in [2.05, 4.69) is 5.32 Å². The van der Waals surface area contributed by atoms with Gasteiger partial charge in [0.05, 0.1) is 0 Å². The molecule has 1 aromatic carbocycles. The number of phenols is 2. The number of rotatable bonds is 4. The number of aliphatic hydroxyl groups is 1. The van der Waals surface area contributed by atoms with Crippen molar-refractivity contribution >= 4 is 12.4 Å². The minimum Gasteiger partial charge on any atom is -0.504 e. The summed E-state index contributed by atoms with van der Waals surface area (Å²) in [7, 11) is 0. The standard InChI is InChI=1S/C13H18F2N2O3.ClH/c14-13(15,8-18)12(17-6-4-16-5-7-17)9-2-1-3-10(19)11(9)20;/h1-3,12,16,18-20H,4-8H2;1H/t12-;/m1./s1. The molecule has 5 nitrogen and oxygen atoms in total. The maximum absolute atomic E-state index is 14.1. The summed E-state index contributed by atoms with van der Waals surface area (Å²) in [5, 5.41) is 31.4. The van der Waals surface area contributed by atoms with Crippen LogP contribution in [0, 0.1) is 0 Å². The molecule has 4 N–H and O–H groups in total. The SMILES string of the molecule is Cl.OCC(F)(F)[C@@H](c1cccc(O)c1O)N1CCNCC1. The van der Waals surface area contributed by atoms with Crippen molar-refractivity contribution in [3.63, 3.8) is 0 Å². The highest BCUT2D eigenvalue weighted by atomic mass is 35.5. The number of alkyl halides is 2. The van der Waals surface area contributed by atoms with Crippen LogP contribution < -0.4 is 5.32 Å². The molecule has 0 bridgehead atoms. The lowest BCUT2D eigenvalue weighted by molar-refractivity contribution is -0.119. The molecular formula is C13H19ClF2N2O3. The van der Waals surface area contributed by atoms with E-state index in [9.17, 15) is 19.0 Å². The molecule has 0 amide bonds. The van der Waals surface area contributed by atoms with Gasteiger partial charge in [-0.2, -0.15) is 0 Å². The third kappa shape index (κ3) is 3.74. The highest BCUT2D eigenvalue weighted by Gasteiger charge is 2.45. The zero-order valence-electron chi connectivity index (χ0n) is 11.3. The minimum atomic E-state index is -3.41. The molecule has 8 heteroatoms. The molecule has 1 fully saturated rings. The first-order valence-electron chi connectivity index (χ1n) is 6.41. The third-order valence-corrected chi connectivity index (χ3v) is 3.47. The maximum Gasteiger partial charge on any atom is 0.290 e. The highest BCUT2D eigenvalue weighted by Crippen LogP contribution is 2.42.